The largest absolute Gasteiger partial charge is 0.507 e. The van der Waals surface area contributed by atoms with Crippen molar-refractivity contribution in [1.29, 1.82) is 0 Å². The van der Waals surface area contributed by atoms with E-state index in [2.05, 4.69) is 0 Å². The maximum absolute atomic E-state index is 11.4. The molecule has 1 aromatic rings. The van der Waals surface area contributed by atoms with Gasteiger partial charge in [-0.05, 0) is 12.8 Å². The lowest BCUT2D eigenvalue weighted by Crippen LogP contribution is -2.24. The highest BCUT2D eigenvalue weighted by molar-refractivity contribution is 5.29. The van der Waals surface area contributed by atoms with Crippen molar-refractivity contribution >= 4 is 0 Å². The van der Waals surface area contributed by atoms with Crippen molar-refractivity contribution in [3.8, 4) is 5.75 Å². The first-order valence-corrected chi connectivity index (χ1v) is 5.90. The molecule has 0 saturated heterocycles. The molecule has 0 saturated carbocycles. The van der Waals surface area contributed by atoms with E-state index in [1.54, 1.807) is 6.92 Å². The van der Waals surface area contributed by atoms with Crippen LogP contribution in [0, 0.1) is 12.8 Å². The van der Waals surface area contributed by atoms with Crippen molar-refractivity contribution in [2.45, 2.75) is 46.1 Å². The maximum atomic E-state index is 11.4. The van der Waals surface area contributed by atoms with Crippen LogP contribution in [0.2, 0.25) is 0 Å². The fourth-order valence-corrected chi connectivity index (χ4v) is 1.69. The summed E-state index contributed by atoms with van der Waals surface area (Å²) >= 11 is 0. The molecule has 96 valence electrons. The van der Waals surface area contributed by atoms with Crippen molar-refractivity contribution in [1.82, 2.24) is 0 Å². The van der Waals surface area contributed by atoms with E-state index < -0.39 is 11.7 Å². The average Bonchev–Trinajstić information content (AvgIpc) is 2.32. The Labute approximate surface area is 101 Å². The Morgan fingerprint density at radius 1 is 1.41 bits per heavy atom. The summed E-state index contributed by atoms with van der Waals surface area (Å²) in [7, 11) is 0. The molecule has 0 unspecified atom stereocenters. The lowest BCUT2D eigenvalue weighted by molar-refractivity contribution is 0.0831. The molecule has 2 N–H and O–H groups in total. The first kappa shape index (κ1) is 13.8. The first-order valence-electron chi connectivity index (χ1n) is 5.90. The molecule has 0 spiro atoms. The van der Waals surface area contributed by atoms with Gasteiger partial charge in [-0.1, -0.05) is 27.2 Å². The summed E-state index contributed by atoms with van der Waals surface area (Å²) in [6.07, 6.45) is 0.249. The third kappa shape index (κ3) is 2.88. The van der Waals surface area contributed by atoms with Gasteiger partial charge in [-0.25, -0.2) is 4.79 Å². The van der Waals surface area contributed by atoms with Gasteiger partial charge in [-0.15, -0.1) is 0 Å². The molecule has 0 aliphatic rings. The topological polar surface area (TPSA) is 70.7 Å². The van der Waals surface area contributed by atoms with Gasteiger partial charge >= 0.3 is 5.63 Å². The summed E-state index contributed by atoms with van der Waals surface area (Å²) in [4.78, 5) is 11.4. The predicted molar refractivity (Wildman–Crippen MR) is 65.3 cm³/mol. The molecule has 4 nitrogen and oxygen atoms in total. The van der Waals surface area contributed by atoms with Crippen LogP contribution in [-0.4, -0.2) is 16.3 Å². The molecule has 4 heteroatoms. The van der Waals surface area contributed by atoms with Gasteiger partial charge in [0.15, 0.2) is 0 Å². The van der Waals surface area contributed by atoms with E-state index in [0.29, 0.717) is 5.76 Å². The Hall–Kier alpha value is -1.29. The quantitative estimate of drug-likeness (QED) is 0.846. The molecule has 0 bridgehead atoms. The van der Waals surface area contributed by atoms with Gasteiger partial charge in [-0.3, -0.25) is 0 Å². The standard InChI is InChI=1S/C13H20O4/c1-5-7(2)12(15)9(4)11-6-10(14)8(3)13(16)17-11/h6-7,9,12,14-15H,5H2,1-4H3/t7-,9-,12-/m0/s1. The highest BCUT2D eigenvalue weighted by Gasteiger charge is 2.24. The normalized spacial score (nSPS) is 16.5. The number of aliphatic hydroxyl groups excluding tert-OH is 1. The van der Waals surface area contributed by atoms with Crippen molar-refractivity contribution in [3.63, 3.8) is 0 Å². The zero-order chi connectivity index (χ0) is 13.2. The van der Waals surface area contributed by atoms with E-state index in [1.807, 2.05) is 13.8 Å². The van der Waals surface area contributed by atoms with Crippen LogP contribution in [0.5, 0.6) is 5.75 Å². The van der Waals surface area contributed by atoms with Crippen molar-refractivity contribution in [2.75, 3.05) is 0 Å². The molecule has 0 amide bonds. The molecule has 1 rings (SSSR count). The zero-order valence-electron chi connectivity index (χ0n) is 10.7. The average molecular weight is 240 g/mol. The third-order valence-electron chi connectivity index (χ3n) is 3.37. The van der Waals surface area contributed by atoms with Gasteiger partial charge in [0.2, 0.25) is 0 Å². The van der Waals surface area contributed by atoms with E-state index >= 15 is 0 Å². The second kappa shape index (κ2) is 5.36. The molecule has 0 aliphatic carbocycles. The van der Waals surface area contributed by atoms with E-state index in [-0.39, 0.29) is 23.1 Å². The van der Waals surface area contributed by atoms with Gasteiger partial charge < -0.3 is 14.6 Å². The van der Waals surface area contributed by atoms with Gasteiger partial charge in [0.25, 0.3) is 0 Å². The number of aliphatic hydroxyl groups is 1. The number of aromatic hydroxyl groups is 1. The molecular weight excluding hydrogens is 220 g/mol. The lowest BCUT2D eigenvalue weighted by Gasteiger charge is -2.23. The molecule has 0 aliphatic heterocycles. The van der Waals surface area contributed by atoms with E-state index in [9.17, 15) is 15.0 Å². The molecular formula is C13H20O4. The Balaban J connectivity index is 3.05. The first-order chi connectivity index (χ1) is 7.88. The molecule has 0 fully saturated rings. The smallest absolute Gasteiger partial charge is 0.342 e. The van der Waals surface area contributed by atoms with Gasteiger partial charge in [-0.2, -0.15) is 0 Å². The van der Waals surface area contributed by atoms with Crippen LogP contribution in [0.4, 0.5) is 0 Å². The zero-order valence-corrected chi connectivity index (χ0v) is 10.7. The van der Waals surface area contributed by atoms with Gasteiger partial charge in [0, 0.05) is 12.0 Å². The second-order valence-electron chi connectivity index (χ2n) is 4.61. The number of hydrogen-bond acceptors (Lipinski definition) is 4. The summed E-state index contributed by atoms with van der Waals surface area (Å²) in [6.45, 7) is 7.21. The predicted octanol–water partition coefficient (Wildman–Crippen LogP) is 2.16. The van der Waals surface area contributed by atoms with Crippen molar-refractivity contribution in [3.05, 3.63) is 27.8 Å². The molecule has 17 heavy (non-hydrogen) atoms. The summed E-state index contributed by atoms with van der Waals surface area (Å²) in [5, 5.41) is 19.6. The van der Waals surface area contributed by atoms with E-state index in [1.165, 1.54) is 13.0 Å². The van der Waals surface area contributed by atoms with E-state index in [4.69, 9.17) is 4.42 Å². The lowest BCUT2D eigenvalue weighted by atomic mass is 9.90. The monoisotopic (exact) mass is 240 g/mol. The van der Waals surface area contributed by atoms with Crippen LogP contribution in [0.15, 0.2) is 15.3 Å². The Kier molecular flexibility index (Phi) is 4.34. The van der Waals surface area contributed by atoms with Gasteiger partial charge in [0.1, 0.15) is 11.5 Å². The highest BCUT2D eigenvalue weighted by Crippen LogP contribution is 2.27. The summed E-state index contributed by atoms with van der Waals surface area (Å²) < 4.78 is 5.09. The van der Waals surface area contributed by atoms with Crippen LogP contribution < -0.4 is 5.63 Å². The summed E-state index contributed by atoms with van der Waals surface area (Å²) in [6, 6.07) is 1.41. The molecule has 0 aromatic carbocycles. The van der Waals surface area contributed by atoms with Crippen molar-refractivity contribution < 1.29 is 14.6 Å². The maximum Gasteiger partial charge on any atom is 0.342 e. The van der Waals surface area contributed by atoms with Crippen LogP contribution in [0.1, 0.15) is 44.4 Å². The van der Waals surface area contributed by atoms with E-state index in [0.717, 1.165) is 6.42 Å². The minimum absolute atomic E-state index is 0.0838. The Morgan fingerprint density at radius 2 is 2.00 bits per heavy atom. The van der Waals surface area contributed by atoms with Gasteiger partial charge in [0.05, 0.1) is 11.7 Å². The molecule has 0 radical (unpaired) electrons. The minimum atomic E-state index is -0.592. The molecule has 3 atom stereocenters. The van der Waals surface area contributed by atoms with Crippen LogP contribution in [0.25, 0.3) is 0 Å². The van der Waals surface area contributed by atoms with Crippen LogP contribution in [0.3, 0.4) is 0 Å². The second-order valence-corrected chi connectivity index (χ2v) is 4.61. The highest BCUT2D eigenvalue weighted by atomic mass is 16.4. The fraction of sp³-hybridized carbons (Fsp3) is 0.615. The van der Waals surface area contributed by atoms with Crippen molar-refractivity contribution in [2.24, 2.45) is 5.92 Å². The third-order valence-corrected chi connectivity index (χ3v) is 3.37. The SMILES string of the molecule is CC[C@H](C)[C@H](O)[C@@H](C)c1cc(O)c(C)c(=O)o1. The number of rotatable bonds is 4. The Bertz CT molecular complexity index is 436. The minimum Gasteiger partial charge on any atom is -0.507 e. The molecule has 1 heterocycles. The number of hydrogen-bond donors (Lipinski definition) is 2. The summed E-state index contributed by atoms with van der Waals surface area (Å²) in [5.41, 5.74) is -0.359. The summed E-state index contributed by atoms with van der Waals surface area (Å²) in [5.74, 6) is 0.0354. The van der Waals surface area contributed by atoms with Crippen LogP contribution in [-0.2, 0) is 0 Å². The fourth-order valence-electron chi connectivity index (χ4n) is 1.69. The van der Waals surface area contributed by atoms with Crippen LogP contribution >= 0.6 is 0 Å². The Morgan fingerprint density at radius 3 is 2.47 bits per heavy atom. The molecule has 1 aromatic heterocycles.